The third kappa shape index (κ3) is 4.35. The number of carbonyl (C=O) groups excluding carboxylic acids is 2. The number of benzene rings is 4. The van der Waals surface area contributed by atoms with Gasteiger partial charge >= 0.3 is 0 Å². The van der Waals surface area contributed by atoms with Crippen LogP contribution >= 0.6 is 11.8 Å². The Morgan fingerprint density at radius 3 is 2.15 bits per heavy atom. The highest BCUT2D eigenvalue weighted by Crippen LogP contribution is 2.34. The first-order valence-electron chi connectivity index (χ1n) is 13.5. The van der Waals surface area contributed by atoms with Gasteiger partial charge in [-0.15, -0.1) is 10.2 Å². The standard InChI is InChI=1S/C34H24N4O2S/c1-2-38-33(28-19-30(22-10-4-3-5-11-22)35-29-15-9-8-12-23(28)29)36-37-34(38)41-20-21-16-17-26-27(18-21)32(40)25-14-7-6-13-24(25)31(26)39/h3-19H,2,20H2,1H3. The second-order valence-corrected chi connectivity index (χ2v) is 10.8. The van der Waals surface area contributed by atoms with Gasteiger partial charge in [-0.3, -0.25) is 9.59 Å². The van der Waals surface area contributed by atoms with Crippen molar-refractivity contribution in [3.8, 4) is 22.6 Å². The van der Waals surface area contributed by atoms with Crippen LogP contribution < -0.4 is 0 Å². The number of hydrogen-bond acceptors (Lipinski definition) is 6. The predicted molar refractivity (Wildman–Crippen MR) is 161 cm³/mol. The van der Waals surface area contributed by atoms with Crippen LogP contribution in [0.1, 0.15) is 44.3 Å². The van der Waals surface area contributed by atoms with E-state index in [4.69, 9.17) is 4.98 Å². The number of nitrogens with zero attached hydrogens (tertiary/aromatic N) is 4. The Hall–Kier alpha value is -4.88. The van der Waals surface area contributed by atoms with Crippen LogP contribution in [-0.4, -0.2) is 31.3 Å². The zero-order chi connectivity index (χ0) is 27.9. The smallest absolute Gasteiger partial charge is 0.194 e. The Morgan fingerprint density at radius 2 is 1.37 bits per heavy atom. The maximum atomic E-state index is 13.2. The quantitative estimate of drug-likeness (QED) is 0.202. The van der Waals surface area contributed by atoms with Gasteiger partial charge in [-0.2, -0.15) is 0 Å². The fourth-order valence-corrected chi connectivity index (χ4v) is 6.33. The molecule has 6 aromatic rings. The fourth-order valence-electron chi connectivity index (χ4n) is 5.38. The Balaban J connectivity index is 1.22. The number of fused-ring (bicyclic) bond motifs is 3. The Bertz CT molecular complexity index is 1980. The molecule has 6 nitrogen and oxygen atoms in total. The van der Waals surface area contributed by atoms with Crippen molar-refractivity contribution in [2.45, 2.75) is 24.4 Å². The highest BCUT2D eigenvalue weighted by molar-refractivity contribution is 7.98. The van der Waals surface area contributed by atoms with Crippen molar-refractivity contribution in [2.75, 3.05) is 0 Å². The molecule has 0 radical (unpaired) electrons. The number of aromatic nitrogens is 4. The Kier molecular flexibility index (Phi) is 6.29. The minimum absolute atomic E-state index is 0.107. The Labute approximate surface area is 241 Å². The molecule has 0 aliphatic heterocycles. The van der Waals surface area contributed by atoms with Gasteiger partial charge in [-0.05, 0) is 36.8 Å². The molecule has 0 fully saturated rings. The van der Waals surface area contributed by atoms with Gasteiger partial charge in [0.1, 0.15) is 0 Å². The average molecular weight is 553 g/mol. The molecule has 41 heavy (non-hydrogen) atoms. The first-order chi connectivity index (χ1) is 20.1. The lowest BCUT2D eigenvalue weighted by molar-refractivity contribution is 0.0979. The van der Waals surface area contributed by atoms with Gasteiger partial charge in [0.2, 0.25) is 0 Å². The van der Waals surface area contributed by atoms with E-state index in [-0.39, 0.29) is 11.6 Å². The van der Waals surface area contributed by atoms with Crippen molar-refractivity contribution in [3.63, 3.8) is 0 Å². The molecular formula is C34H24N4O2S. The lowest BCUT2D eigenvalue weighted by atomic mass is 9.83. The summed E-state index contributed by atoms with van der Waals surface area (Å²) in [5.74, 6) is 1.15. The number of rotatable bonds is 6. The number of hydrogen-bond donors (Lipinski definition) is 0. The largest absolute Gasteiger partial charge is 0.302 e. The van der Waals surface area contributed by atoms with E-state index in [0.29, 0.717) is 34.6 Å². The molecule has 0 saturated heterocycles. The maximum absolute atomic E-state index is 13.2. The summed E-state index contributed by atoms with van der Waals surface area (Å²) in [5, 5.41) is 11.0. The molecule has 4 aromatic carbocycles. The SMILES string of the molecule is CCn1c(SCc2ccc3c(c2)C(=O)c2ccccc2C3=O)nnc1-c1cc(-c2ccccc2)nc2ccccc12. The maximum Gasteiger partial charge on any atom is 0.194 e. The van der Waals surface area contributed by atoms with E-state index in [2.05, 4.69) is 46.0 Å². The van der Waals surface area contributed by atoms with Gasteiger partial charge in [0.05, 0.1) is 11.2 Å². The van der Waals surface area contributed by atoms with Crippen LogP contribution in [-0.2, 0) is 12.3 Å². The summed E-state index contributed by atoms with van der Waals surface area (Å²) >= 11 is 1.56. The summed E-state index contributed by atoms with van der Waals surface area (Å²) in [7, 11) is 0. The summed E-state index contributed by atoms with van der Waals surface area (Å²) in [6.45, 7) is 2.77. The second-order valence-electron chi connectivity index (χ2n) is 9.86. The van der Waals surface area contributed by atoms with E-state index in [1.54, 1.807) is 42.1 Å². The fraction of sp³-hybridized carbons (Fsp3) is 0.0882. The molecule has 2 aromatic heterocycles. The van der Waals surface area contributed by atoms with E-state index < -0.39 is 0 Å². The second kappa shape index (κ2) is 10.3. The normalized spacial score (nSPS) is 12.4. The molecular weight excluding hydrogens is 528 g/mol. The number of carbonyl (C=O) groups is 2. The molecule has 2 heterocycles. The minimum Gasteiger partial charge on any atom is -0.302 e. The van der Waals surface area contributed by atoms with Crippen LogP contribution in [0.25, 0.3) is 33.5 Å². The van der Waals surface area contributed by atoms with Gasteiger partial charge < -0.3 is 4.57 Å². The lowest BCUT2D eigenvalue weighted by Gasteiger charge is -2.18. The number of para-hydroxylation sites is 1. The van der Waals surface area contributed by atoms with Crippen LogP contribution in [0.4, 0.5) is 0 Å². The van der Waals surface area contributed by atoms with Gasteiger partial charge in [0, 0.05) is 51.1 Å². The van der Waals surface area contributed by atoms with E-state index in [0.717, 1.165) is 44.3 Å². The Morgan fingerprint density at radius 1 is 0.683 bits per heavy atom. The monoisotopic (exact) mass is 552 g/mol. The van der Waals surface area contributed by atoms with Gasteiger partial charge in [0.15, 0.2) is 22.5 Å². The van der Waals surface area contributed by atoms with Crippen molar-refractivity contribution >= 4 is 34.2 Å². The van der Waals surface area contributed by atoms with Crippen LogP contribution in [0.15, 0.2) is 108 Å². The number of pyridine rings is 1. The topological polar surface area (TPSA) is 77.7 Å². The molecule has 7 rings (SSSR count). The molecule has 7 heteroatoms. The summed E-state index contributed by atoms with van der Waals surface area (Å²) in [5.41, 5.74) is 6.60. The van der Waals surface area contributed by atoms with Crippen molar-refractivity contribution in [1.29, 1.82) is 0 Å². The van der Waals surface area contributed by atoms with Gasteiger partial charge in [-0.1, -0.05) is 90.6 Å². The van der Waals surface area contributed by atoms with Crippen molar-refractivity contribution < 1.29 is 9.59 Å². The first-order valence-corrected chi connectivity index (χ1v) is 14.4. The highest BCUT2D eigenvalue weighted by atomic mass is 32.2. The van der Waals surface area contributed by atoms with E-state index in [1.807, 2.05) is 48.5 Å². The molecule has 1 aliphatic carbocycles. The molecule has 1 aliphatic rings. The molecule has 0 N–H and O–H groups in total. The van der Waals surface area contributed by atoms with E-state index >= 15 is 0 Å². The first kappa shape index (κ1) is 25.1. The molecule has 0 unspecified atom stereocenters. The average Bonchev–Trinajstić information content (AvgIpc) is 3.45. The van der Waals surface area contributed by atoms with Crippen LogP contribution in [0.5, 0.6) is 0 Å². The lowest BCUT2D eigenvalue weighted by Crippen LogP contribution is -2.20. The molecule has 198 valence electrons. The molecule has 0 bridgehead atoms. The van der Waals surface area contributed by atoms with Crippen molar-refractivity contribution in [1.82, 2.24) is 19.7 Å². The van der Waals surface area contributed by atoms with Crippen LogP contribution in [0, 0.1) is 0 Å². The van der Waals surface area contributed by atoms with Gasteiger partial charge in [-0.25, -0.2) is 4.98 Å². The summed E-state index contributed by atoms with van der Waals surface area (Å²) in [6, 6.07) is 32.9. The third-order valence-corrected chi connectivity index (χ3v) is 8.46. The minimum atomic E-state index is -0.111. The van der Waals surface area contributed by atoms with Crippen molar-refractivity contribution in [2.24, 2.45) is 0 Å². The third-order valence-electron chi connectivity index (χ3n) is 7.42. The summed E-state index contributed by atoms with van der Waals surface area (Å²) in [6.07, 6.45) is 0. The zero-order valence-corrected chi connectivity index (χ0v) is 23.1. The molecule has 0 atom stereocenters. The predicted octanol–water partition coefficient (Wildman–Crippen LogP) is 7.25. The van der Waals surface area contributed by atoms with E-state index in [9.17, 15) is 9.59 Å². The molecule has 0 amide bonds. The zero-order valence-electron chi connectivity index (χ0n) is 22.2. The highest BCUT2D eigenvalue weighted by Gasteiger charge is 2.29. The summed E-state index contributed by atoms with van der Waals surface area (Å²) in [4.78, 5) is 31.1. The molecule has 0 spiro atoms. The van der Waals surface area contributed by atoms with Crippen LogP contribution in [0.2, 0.25) is 0 Å². The molecule has 0 saturated carbocycles. The number of ketones is 2. The van der Waals surface area contributed by atoms with Crippen molar-refractivity contribution in [3.05, 3.63) is 131 Å². The van der Waals surface area contributed by atoms with Crippen LogP contribution in [0.3, 0.4) is 0 Å². The number of thioether (sulfide) groups is 1. The van der Waals surface area contributed by atoms with Gasteiger partial charge in [0.25, 0.3) is 0 Å². The van der Waals surface area contributed by atoms with E-state index in [1.165, 1.54) is 0 Å². The summed E-state index contributed by atoms with van der Waals surface area (Å²) < 4.78 is 2.12.